The molecule has 1 aliphatic rings. The topological polar surface area (TPSA) is 137 Å². The minimum absolute atomic E-state index is 0.000545. The fourth-order valence-corrected chi connectivity index (χ4v) is 5.00. The number of rotatable bonds is 5. The number of nitrogens with zero attached hydrogens (tertiary/aromatic N) is 2. The Kier molecular flexibility index (Phi) is 6.40. The van der Waals surface area contributed by atoms with Crippen LogP contribution in [0.15, 0.2) is 47.4 Å². The molecular formula is C21H21N3O6S. The van der Waals surface area contributed by atoms with Crippen LogP contribution in [-0.2, 0) is 14.8 Å². The van der Waals surface area contributed by atoms with Gasteiger partial charge in [-0.2, -0.15) is 9.57 Å². The van der Waals surface area contributed by atoms with E-state index in [0.29, 0.717) is 0 Å². The molecule has 31 heavy (non-hydrogen) atoms. The number of nitriles is 1. The summed E-state index contributed by atoms with van der Waals surface area (Å²) in [6, 6.07) is 11.2. The number of amides is 1. The molecule has 1 aliphatic heterocycles. The van der Waals surface area contributed by atoms with E-state index >= 15 is 0 Å². The van der Waals surface area contributed by atoms with E-state index in [9.17, 15) is 23.1 Å². The average molecular weight is 443 g/mol. The molecule has 2 atom stereocenters. The molecule has 1 heterocycles. The zero-order chi connectivity index (χ0) is 22.8. The third-order valence-corrected chi connectivity index (χ3v) is 6.58. The Hall–Kier alpha value is -3.26. The van der Waals surface area contributed by atoms with Crippen LogP contribution in [0.25, 0.3) is 0 Å². The Labute approximate surface area is 179 Å². The van der Waals surface area contributed by atoms with Crippen LogP contribution < -0.4 is 5.32 Å². The number of carboxylic acids is 1. The maximum atomic E-state index is 13.1. The molecule has 0 radical (unpaired) electrons. The first-order valence-electron chi connectivity index (χ1n) is 9.46. The predicted molar refractivity (Wildman–Crippen MR) is 111 cm³/mol. The summed E-state index contributed by atoms with van der Waals surface area (Å²) in [5.41, 5.74) is -0.0540. The fourth-order valence-electron chi connectivity index (χ4n) is 3.37. The molecular weight excluding hydrogens is 422 g/mol. The molecule has 2 aromatic carbocycles. The molecule has 1 amide bonds. The van der Waals surface area contributed by atoms with Crippen molar-refractivity contribution in [2.75, 3.05) is 18.4 Å². The highest BCUT2D eigenvalue weighted by atomic mass is 32.2. The van der Waals surface area contributed by atoms with Gasteiger partial charge in [-0.1, -0.05) is 6.07 Å². The van der Waals surface area contributed by atoms with Gasteiger partial charge in [0.15, 0.2) is 0 Å². The first kappa shape index (κ1) is 22.4. The van der Waals surface area contributed by atoms with Crippen molar-refractivity contribution < 1.29 is 27.9 Å². The molecule has 0 saturated carbocycles. The van der Waals surface area contributed by atoms with Crippen molar-refractivity contribution in [3.8, 4) is 6.07 Å². The fraction of sp³-hybridized carbons (Fsp3) is 0.286. The van der Waals surface area contributed by atoms with E-state index in [1.807, 2.05) is 6.07 Å². The number of hydrogen-bond donors (Lipinski definition) is 2. The first-order valence-corrected chi connectivity index (χ1v) is 10.9. The lowest BCUT2D eigenvalue weighted by Crippen LogP contribution is -2.48. The van der Waals surface area contributed by atoms with Crippen molar-refractivity contribution in [1.82, 2.24) is 4.31 Å². The Bertz CT molecular complexity index is 1160. The van der Waals surface area contributed by atoms with Crippen LogP contribution in [0.4, 0.5) is 5.69 Å². The third kappa shape index (κ3) is 4.91. The van der Waals surface area contributed by atoms with E-state index < -0.39 is 21.9 Å². The van der Waals surface area contributed by atoms with Crippen molar-refractivity contribution in [3.63, 3.8) is 0 Å². The molecule has 3 rings (SSSR count). The van der Waals surface area contributed by atoms with E-state index in [2.05, 4.69) is 5.32 Å². The molecule has 1 saturated heterocycles. The van der Waals surface area contributed by atoms with Crippen molar-refractivity contribution in [2.24, 2.45) is 0 Å². The molecule has 162 valence electrons. The van der Waals surface area contributed by atoms with Gasteiger partial charge in [0.05, 0.1) is 40.0 Å². The standard InChI is InChI=1S/C21H21N3O6S/c1-13-11-24(12-14(2)30-13)31(28,29)17-5-3-4-16(9-17)20(25)23-19-7-6-15(10-22)8-18(19)21(26)27/h3-9,13-14H,11-12H2,1-2H3,(H,23,25)(H,26,27). The number of sulfonamides is 1. The maximum Gasteiger partial charge on any atom is 0.337 e. The monoisotopic (exact) mass is 443 g/mol. The molecule has 0 spiro atoms. The van der Waals surface area contributed by atoms with Gasteiger partial charge in [-0.3, -0.25) is 4.79 Å². The van der Waals surface area contributed by atoms with Crippen LogP contribution in [0, 0.1) is 11.3 Å². The quantitative estimate of drug-likeness (QED) is 0.723. The van der Waals surface area contributed by atoms with Gasteiger partial charge in [-0.15, -0.1) is 0 Å². The Balaban J connectivity index is 1.88. The second-order valence-electron chi connectivity index (χ2n) is 7.24. The summed E-state index contributed by atoms with van der Waals surface area (Å²) in [5, 5.41) is 20.8. The minimum Gasteiger partial charge on any atom is -0.478 e. The molecule has 2 unspecified atom stereocenters. The van der Waals surface area contributed by atoms with Crippen molar-refractivity contribution in [3.05, 3.63) is 59.2 Å². The molecule has 9 nitrogen and oxygen atoms in total. The van der Waals surface area contributed by atoms with E-state index in [1.54, 1.807) is 13.8 Å². The van der Waals surface area contributed by atoms with Crippen molar-refractivity contribution in [2.45, 2.75) is 31.0 Å². The van der Waals surface area contributed by atoms with Gasteiger partial charge in [-0.05, 0) is 50.2 Å². The number of carbonyl (C=O) groups excluding carboxylic acids is 1. The summed E-state index contributed by atoms with van der Waals surface area (Å²) < 4.78 is 33.0. The van der Waals surface area contributed by atoms with E-state index in [-0.39, 0.29) is 52.6 Å². The largest absolute Gasteiger partial charge is 0.478 e. The van der Waals surface area contributed by atoms with Crippen molar-refractivity contribution >= 4 is 27.6 Å². The lowest BCUT2D eigenvalue weighted by Gasteiger charge is -2.34. The minimum atomic E-state index is -3.84. The smallest absolute Gasteiger partial charge is 0.337 e. The Morgan fingerprint density at radius 3 is 2.45 bits per heavy atom. The van der Waals surface area contributed by atoms with Gasteiger partial charge in [0.25, 0.3) is 5.91 Å². The number of hydrogen-bond acceptors (Lipinski definition) is 6. The van der Waals surface area contributed by atoms with Gasteiger partial charge >= 0.3 is 5.97 Å². The number of anilines is 1. The Morgan fingerprint density at radius 1 is 1.16 bits per heavy atom. The van der Waals surface area contributed by atoms with Crippen molar-refractivity contribution in [1.29, 1.82) is 5.26 Å². The summed E-state index contributed by atoms with van der Waals surface area (Å²) >= 11 is 0. The third-order valence-electron chi connectivity index (χ3n) is 4.75. The van der Waals surface area contributed by atoms with Gasteiger partial charge < -0.3 is 15.2 Å². The van der Waals surface area contributed by atoms with Gasteiger partial charge in [0, 0.05) is 18.7 Å². The highest BCUT2D eigenvalue weighted by Gasteiger charge is 2.32. The molecule has 0 aliphatic carbocycles. The first-order chi connectivity index (χ1) is 14.6. The molecule has 1 fully saturated rings. The van der Waals surface area contributed by atoms with Crippen LogP contribution in [-0.4, -0.2) is 55.0 Å². The highest BCUT2D eigenvalue weighted by Crippen LogP contribution is 2.23. The number of carboxylic acid groups (broad SMARTS) is 1. The van der Waals surface area contributed by atoms with Crippen LogP contribution in [0.3, 0.4) is 0 Å². The van der Waals surface area contributed by atoms with Crippen LogP contribution in [0.2, 0.25) is 0 Å². The maximum absolute atomic E-state index is 13.1. The number of ether oxygens (including phenoxy) is 1. The Morgan fingerprint density at radius 2 is 1.84 bits per heavy atom. The summed E-state index contributed by atoms with van der Waals surface area (Å²) in [5.74, 6) is -1.98. The predicted octanol–water partition coefficient (Wildman–Crippen LogP) is 2.31. The molecule has 2 N–H and O–H groups in total. The summed E-state index contributed by atoms with van der Waals surface area (Å²) in [7, 11) is -3.84. The van der Waals surface area contributed by atoms with Gasteiger partial charge in [0.2, 0.25) is 10.0 Å². The van der Waals surface area contributed by atoms with Gasteiger partial charge in [-0.25, -0.2) is 13.2 Å². The van der Waals surface area contributed by atoms with Crippen LogP contribution >= 0.6 is 0 Å². The van der Waals surface area contributed by atoms with E-state index in [4.69, 9.17) is 10.00 Å². The highest BCUT2D eigenvalue weighted by molar-refractivity contribution is 7.89. The number of morpholine rings is 1. The lowest BCUT2D eigenvalue weighted by molar-refractivity contribution is -0.0440. The summed E-state index contributed by atoms with van der Waals surface area (Å²) in [6.07, 6.45) is -0.508. The summed E-state index contributed by atoms with van der Waals surface area (Å²) in [6.45, 7) is 3.99. The number of aromatic carboxylic acids is 1. The van der Waals surface area contributed by atoms with Gasteiger partial charge in [0.1, 0.15) is 0 Å². The summed E-state index contributed by atoms with van der Waals surface area (Å²) in [4.78, 5) is 24.1. The molecule has 10 heteroatoms. The average Bonchev–Trinajstić information content (AvgIpc) is 2.73. The zero-order valence-corrected chi connectivity index (χ0v) is 17.7. The second-order valence-corrected chi connectivity index (χ2v) is 9.18. The van der Waals surface area contributed by atoms with E-state index in [1.165, 1.54) is 40.7 Å². The normalized spacial score (nSPS) is 19.4. The van der Waals surface area contributed by atoms with Crippen LogP contribution in [0.5, 0.6) is 0 Å². The number of nitrogens with one attached hydrogen (secondary N) is 1. The van der Waals surface area contributed by atoms with E-state index in [0.717, 1.165) is 6.07 Å². The SMILES string of the molecule is CC1CN(S(=O)(=O)c2cccc(C(=O)Nc3ccc(C#N)cc3C(=O)O)c2)CC(C)O1. The zero-order valence-electron chi connectivity index (χ0n) is 16.9. The lowest BCUT2D eigenvalue weighted by atomic mass is 10.1. The van der Waals surface area contributed by atoms with Crippen LogP contribution in [0.1, 0.15) is 40.1 Å². The number of carbonyl (C=O) groups is 2. The number of benzene rings is 2. The molecule has 0 aromatic heterocycles. The molecule has 2 aromatic rings. The molecule has 0 bridgehead atoms. The second kappa shape index (κ2) is 8.85.